The summed E-state index contributed by atoms with van der Waals surface area (Å²) in [6, 6.07) is 10.2. The smallest absolute Gasteiger partial charge is 0.408 e. The Morgan fingerprint density at radius 3 is 2.48 bits per heavy atom. The molecular weight excluding hydrogens is 735 g/mol. The highest BCUT2D eigenvalue weighted by Crippen LogP contribution is 2.44. The predicted molar refractivity (Wildman–Crippen MR) is 212 cm³/mol. The van der Waals surface area contributed by atoms with E-state index in [0.29, 0.717) is 38.0 Å². The number of carbonyl (C=O) groups is 4. The molecule has 5 atom stereocenters. The molecule has 1 aromatic heterocycles. The van der Waals surface area contributed by atoms with Gasteiger partial charge in [0.05, 0.1) is 17.0 Å². The molecule has 6 rings (SSSR count). The summed E-state index contributed by atoms with van der Waals surface area (Å²) in [7, 11) is -3.64. The van der Waals surface area contributed by atoms with Crippen LogP contribution in [0.3, 0.4) is 0 Å². The summed E-state index contributed by atoms with van der Waals surface area (Å²) in [6.45, 7) is 7.00. The number of nitrogens with zero attached hydrogens (tertiary/aromatic N) is 2. The second-order valence-corrected chi connectivity index (χ2v) is 19.3. The average Bonchev–Trinajstić information content (AvgIpc) is 4.06. The number of alkyl carbamates (subject to hydrolysis) is 1. The number of rotatable bonds is 16. The summed E-state index contributed by atoms with van der Waals surface area (Å²) in [5.74, 6) is -1.27. The number of sulfonamides is 1. The molecule has 14 heteroatoms. The summed E-state index contributed by atoms with van der Waals surface area (Å²) in [4.78, 5) is 58.8. The van der Waals surface area contributed by atoms with Crippen molar-refractivity contribution in [1.82, 2.24) is 19.9 Å². The first-order valence-electron chi connectivity index (χ1n) is 20.1. The molecule has 4 aliphatic rings. The van der Waals surface area contributed by atoms with E-state index in [9.17, 15) is 27.6 Å². The maximum absolute atomic E-state index is 14.2. The minimum atomic E-state index is -3.64. The Kier molecular flexibility index (Phi) is 12.5. The molecule has 4 N–H and O–H groups in total. The fraction of sp³-hybridized carbons (Fsp3) is 0.595. The molecular formula is C42H57N5O8S. The largest absolute Gasteiger partial charge is 0.472 e. The lowest BCUT2D eigenvalue weighted by Gasteiger charge is -2.29. The molecule has 56 heavy (non-hydrogen) atoms. The lowest BCUT2D eigenvalue weighted by molar-refractivity contribution is -0.139. The third-order valence-electron chi connectivity index (χ3n) is 11.3. The zero-order chi connectivity index (χ0) is 40.3. The molecule has 2 aromatic rings. The number of carbonyl (C=O) groups excluding carboxylic acids is 4. The fourth-order valence-corrected chi connectivity index (χ4v) is 8.89. The second-order valence-electron chi connectivity index (χ2n) is 17.1. The van der Waals surface area contributed by atoms with Crippen LogP contribution in [0.2, 0.25) is 0 Å². The zero-order valence-corrected chi connectivity index (χ0v) is 33.9. The van der Waals surface area contributed by atoms with Gasteiger partial charge in [-0.15, -0.1) is 0 Å². The van der Waals surface area contributed by atoms with E-state index in [0.717, 1.165) is 61.8 Å². The number of nitrogens with one attached hydrogen (secondary N) is 2. The van der Waals surface area contributed by atoms with E-state index in [1.54, 1.807) is 27.7 Å². The molecule has 1 aromatic carbocycles. The van der Waals surface area contributed by atoms with Gasteiger partial charge in [0.25, 0.3) is 0 Å². The summed E-state index contributed by atoms with van der Waals surface area (Å²) in [6.07, 6.45) is 11.8. The predicted octanol–water partition coefficient (Wildman–Crippen LogP) is 5.50. The molecule has 0 radical (unpaired) electrons. The lowest BCUT2D eigenvalue weighted by Crippen LogP contribution is -2.53. The quantitative estimate of drug-likeness (QED) is 0.146. The van der Waals surface area contributed by atoms with E-state index >= 15 is 0 Å². The normalized spacial score (nSPS) is 23.2. The molecule has 1 aliphatic heterocycles. The number of aryl methyl sites for hydroxylation is 1. The number of benzene rings is 1. The van der Waals surface area contributed by atoms with Crippen LogP contribution in [0.25, 0.3) is 11.3 Å². The highest BCUT2D eigenvalue weighted by molar-refractivity contribution is 7.91. The van der Waals surface area contributed by atoms with Gasteiger partial charge in [0.2, 0.25) is 33.6 Å². The fourth-order valence-electron chi connectivity index (χ4n) is 7.59. The first-order valence-corrected chi connectivity index (χ1v) is 21.6. The van der Waals surface area contributed by atoms with Crippen LogP contribution in [0, 0.1) is 11.8 Å². The molecule has 0 bridgehead atoms. The van der Waals surface area contributed by atoms with Crippen molar-refractivity contribution in [1.29, 1.82) is 0 Å². The summed E-state index contributed by atoms with van der Waals surface area (Å²) in [5.41, 5.74) is 9.14. The van der Waals surface area contributed by atoms with Crippen molar-refractivity contribution in [3.05, 3.63) is 59.7 Å². The Bertz CT molecular complexity index is 1920. The van der Waals surface area contributed by atoms with Crippen molar-refractivity contribution in [3.8, 4) is 17.1 Å². The van der Waals surface area contributed by atoms with Crippen molar-refractivity contribution >= 4 is 33.8 Å². The number of unbranched alkanes of at least 4 members (excludes halogenated alkanes) is 3. The topological polar surface area (TPSA) is 187 Å². The number of allylic oxidation sites excluding steroid dienone is 2. The molecule has 0 spiro atoms. The van der Waals surface area contributed by atoms with Gasteiger partial charge in [-0.25, -0.2) is 18.2 Å². The number of fused-ring (bicyclic) bond motifs is 1. The average molecular weight is 792 g/mol. The third kappa shape index (κ3) is 10.3. The lowest BCUT2D eigenvalue weighted by atomic mass is 9.91. The van der Waals surface area contributed by atoms with Gasteiger partial charge in [0.15, 0.2) is 0 Å². The van der Waals surface area contributed by atoms with Gasteiger partial charge in [-0.1, -0.05) is 55.3 Å². The summed E-state index contributed by atoms with van der Waals surface area (Å²) in [5, 5.41) is 2.76. The minimum absolute atomic E-state index is 0.0257. The number of ether oxygens (including phenoxy) is 2. The van der Waals surface area contributed by atoms with Gasteiger partial charge in [-0.3, -0.25) is 19.1 Å². The van der Waals surface area contributed by atoms with E-state index in [4.69, 9.17) is 20.2 Å². The van der Waals surface area contributed by atoms with Crippen LogP contribution in [0.5, 0.6) is 5.88 Å². The molecule has 3 fully saturated rings. The van der Waals surface area contributed by atoms with Gasteiger partial charge in [-0.05, 0) is 109 Å². The van der Waals surface area contributed by atoms with Gasteiger partial charge in [0, 0.05) is 23.5 Å². The maximum atomic E-state index is 14.2. The number of hydrogen-bond donors (Lipinski definition) is 3. The van der Waals surface area contributed by atoms with Crippen molar-refractivity contribution in [2.75, 3.05) is 6.54 Å². The molecule has 304 valence electrons. The van der Waals surface area contributed by atoms with E-state index in [-0.39, 0.29) is 24.8 Å². The first kappa shape index (κ1) is 41.2. The van der Waals surface area contributed by atoms with Crippen LogP contribution in [0.15, 0.2) is 48.6 Å². The van der Waals surface area contributed by atoms with E-state index < -0.39 is 62.4 Å². The zero-order valence-electron chi connectivity index (χ0n) is 33.1. The molecule has 2 saturated carbocycles. The molecule has 2 heterocycles. The van der Waals surface area contributed by atoms with Crippen LogP contribution >= 0.6 is 0 Å². The van der Waals surface area contributed by atoms with Crippen molar-refractivity contribution < 1.29 is 37.1 Å². The van der Waals surface area contributed by atoms with Gasteiger partial charge < -0.3 is 25.4 Å². The minimum Gasteiger partial charge on any atom is -0.472 e. The Hall–Kier alpha value is -4.46. The molecule has 1 saturated heterocycles. The monoisotopic (exact) mass is 791 g/mol. The van der Waals surface area contributed by atoms with E-state index in [2.05, 4.69) is 16.1 Å². The number of primary amides is 1. The van der Waals surface area contributed by atoms with Crippen LogP contribution in [-0.2, 0) is 42.0 Å². The van der Waals surface area contributed by atoms with Crippen LogP contribution in [-0.4, -0.2) is 77.2 Å². The molecule has 0 unspecified atom stereocenters. The van der Waals surface area contributed by atoms with Crippen LogP contribution in [0.4, 0.5) is 4.79 Å². The Balaban J connectivity index is 1.05. The number of pyridine rings is 1. The van der Waals surface area contributed by atoms with Crippen molar-refractivity contribution in [2.45, 2.75) is 140 Å². The number of hydrogen-bond acceptors (Lipinski definition) is 9. The van der Waals surface area contributed by atoms with Crippen LogP contribution in [0.1, 0.15) is 109 Å². The van der Waals surface area contributed by atoms with Gasteiger partial charge in [-0.2, -0.15) is 0 Å². The summed E-state index contributed by atoms with van der Waals surface area (Å²) >= 11 is 0. The number of amides is 4. The SMILES string of the molecule is CC(C)(C)OC(=O)N[C@@H](CCCCC/C=C\[C@@H]1C[C@@H]1C(=O)NS(=O)(=O)C1(C)CC1)C(=O)N1C[C@H](Oc2nc(-c3ccccc3)cc3c2CCCC3)C[C@H]1C(N)=O. The highest BCUT2D eigenvalue weighted by Gasteiger charge is 2.52. The Morgan fingerprint density at radius 1 is 1.05 bits per heavy atom. The number of aromatic nitrogens is 1. The third-order valence-corrected chi connectivity index (χ3v) is 13.4. The number of likely N-dealkylation sites (tertiary alicyclic amines) is 1. The first-order chi connectivity index (χ1) is 26.5. The second kappa shape index (κ2) is 17.0. The Labute approximate surface area is 330 Å². The highest BCUT2D eigenvalue weighted by atomic mass is 32.2. The summed E-state index contributed by atoms with van der Waals surface area (Å²) < 4.78 is 38.3. The Morgan fingerprint density at radius 2 is 1.79 bits per heavy atom. The van der Waals surface area contributed by atoms with E-state index in [1.807, 2.05) is 42.5 Å². The van der Waals surface area contributed by atoms with Gasteiger partial charge in [0.1, 0.15) is 23.8 Å². The number of nitrogens with two attached hydrogens (primary N) is 1. The standard InChI is InChI=1S/C42H57N5O8S/c1-41(2,3)55-40(51)45-33(20-12-7-5-6-9-17-28-23-32(28)37(49)46-56(52,53)42(4)21-22-42)39(50)47-26-30(25-35(47)36(43)48)54-38-31-19-14-13-18-29(31)24-34(44-38)27-15-10-8-11-16-27/h8-11,15-17,24,28,30,32-33,35H,5-7,12-14,18-23,25-26H2,1-4H3,(H2,43,48)(H,45,51)(H,46,49)/b17-9-/t28-,30-,32+,33+,35+/m1/s1. The van der Waals surface area contributed by atoms with Crippen molar-refractivity contribution in [2.24, 2.45) is 17.6 Å². The molecule has 4 amide bonds. The van der Waals surface area contributed by atoms with E-state index in [1.165, 1.54) is 10.5 Å². The molecule has 13 nitrogen and oxygen atoms in total. The molecule has 3 aliphatic carbocycles. The van der Waals surface area contributed by atoms with Gasteiger partial charge >= 0.3 is 6.09 Å². The van der Waals surface area contributed by atoms with Crippen LogP contribution < -0.4 is 20.5 Å². The van der Waals surface area contributed by atoms with Crippen molar-refractivity contribution in [3.63, 3.8) is 0 Å². The maximum Gasteiger partial charge on any atom is 0.408 e.